The van der Waals surface area contributed by atoms with Crippen molar-refractivity contribution in [2.45, 2.75) is 11.3 Å². The fourth-order valence-electron chi connectivity index (χ4n) is 2.86. The summed E-state index contributed by atoms with van der Waals surface area (Å²) in [6.07, 6.45) is 1.56. The van der Waals surface area contributed by atoms with Gasteiger partial charge in [0.05, 0.1) is 29.2 Å². The van der Waals surface area contributed by atoms with Crippen LogP contribution in [0, 0.1) is 0 Å². The van der Waals surface area contributed by atoms with Gasteiger partial charge >= 0.3 is 0 Å². The first kappa shape index (κ1) is 22.8. The molecule has 164 valence electrons. The summed E-state index contributed by atoms with van der Waals surface area (Å²) < 4.78 is 56.8. The van der Waals surface area contributed by atoms with Crippen LogP contribution in [0.3, 0.4) is 0 Å². The maximum Gasteiger partial charge on any atom is 0.265 e. The predicted molar refractivity (Wildman–Crippen MR) is 115 cm³/mol. The number of morpholine rings is 1. The molecule has 0 saturated carbocycles. The molecule has 9 nitrogen and oxygen atoms in total. The van der Waals surface area contributed by atoms with E-state index in [1.165, 1.54) is 27.8 Å². The summed E-state index contributed by atoms with van der Waals surface area (Å²) in [5.74, 6) is -0.358. The van der Waals surface area contributed by atoms with E-state index in [0.29, 0.717) is 43.3 Å². The molecule has 0 unspecified atom stereocenters. The highest BCUT2D eigenvalue weighted by Gasteiger charge is 2.26. The van der Waals surface area contributed by atoms with Crippen molar-refractivity contribution in [3.05, 3.63) is 46.2 Å². The Bertz CT molecular complexity index is 1110. The molecule has 0 radical (unpaired) electrons. The Kier molecular flexibility index (Phi) is 7.26. The minimum atomic E-state index is -3.65. The molecule has 0 atom stereocenters. The summed E-state index contributed by atoms with van der Waals surface area (Å²) in [6, 6.07) is 9.57. The van der Waals surface area contributed by atoms with Crippen molar-refractivity contribution in [2.75, 3.05) is 44.4 Å². The number of amides is 1. The average molecular weight is 474 g/mol. The van der Waals surface area contributed by atoms with E-state index in [9.17, 15) is 21.6 Å². The van der Waals surface area contributed by atoms with Crippen molar-refractivity contribution in [2.24, 2.45) is 0 Å². The van der Waals surface area contributed by atoms with Gasteiger partial charge in [0.25, 0.3) is 5.91 Å². The molecule has 2 N–H and O–H groups in total. The van der Waals surface area contributed by atoms with E-state index in [1.807, 2.05) is 0 Å². The minimum Gasteiger partial charge on any atom is -0.379 e. The Hall–Kier alpha value is -1.83. The fraction of sp³-hybridized carbons (Fsp3) is 0.389. The molecule has 1 aromatic carbocycles. The van der Waals surface area contributed by atoms with Crippen molar-refractivity contribution in [1.82, 2.24) is 9.03 Å². The van der Waals surface area contributed by atoms with Crippen LogP contribution < -0.4 is 10.0 Å². The van der Waals surface area contributed by atoms with Crippen LogP contribution in [-0.2, 0) is 31.2 Å². The van der Waals surface area contributed by atoms with Crippen molar-refractivity contribution in [3.8, 4) is 0 Å². The summed E-state index contributed by atoms with van der Waals surface area (Å²) in [5, 5.41) is 2.72. The number of anilines is 1. The lowest BCUT2D eigenvalue weighted by atomic mass is 10.3. The molecular weight excluding hydrogens is 450 g/mol. The number of nitrogens with zero attached hydrogens (tertiary/aromatic N) is 1. The van der Waals surface area contributed by atoms with Crippen molar-refractivity contribution >= 4 is 43.0 Å². The normalized spacial score (nSPS) is 15.8. The Morgan fingerprint density at radius 3 is 2.57 bits per heavy atom. The number of hydrogen-bond acceptors (Lipinski definition) is 7. The van der Waals surface area contributed by atoms with Crippen LogP contribution in [0.5, 0.6) is 0 Å². The molecule has 2 heterocycles. The smallest absolute Gasteiger partial charge is 0.265 e. The van der Waals surface area contributed by atoms with Crippen LogP contribution in [0.4, 0.5) is 5.69 Å². The van der Waals surface area contributed by atoms with Gasteiger partial charge in [-0.05, 0) is 36.8 Å². The van der Waals surface area contributed by atoms with Crippen LogP contribution in [0.15, 0.2) is 41.3 Å². The molecule has 1 aromatic heterocycles. The van der Waals surface area contributed by atoms with Gasteiger partial charge in [0.15, 0.2) is 0 Å². The zero-order valence-electron chi connectivity index (χ0n) is 16.3. The lowest BCUT2D eigenvalue weighted by Gasteiger charge is -2.26. The van der Waals surface area contributed by atoms with Crippen LogP contribution in [-0.4, -0.2) is 66.2 Å². The molecule has 1 fully saturated rings. The maximum absolute atomic E-state index is 12.8. The Labute approximate surface area is 180 Å². The first-order chi connectivity index (χ1) is 14.1. The fourth-order valence-corrected chi connectivity index (χ4v) is 5.69. The number of nitrogens with one attached hydrogen (secondary N) is 2. The second-order valence-electron chi connectivity index (χ2n) is 6.68. The third kappa shape index (κ3) is 6.09. The largest absolute Gasteiger partial charge is 0.379 e. The molecule has 30 heavy (non-hydrogen) atoms. The van der Waals surface area contributed by atoms with Gasteiger partial charge in [-0.15, -0.1) is 11.3 Å². The standard InChI is InChI=1S/C18H23N3O6S3/c1-29(23,24)19-8-7-15-5-6-17(28-15)18(22)20-14-3-2-4-16(13-14)30(25,26)21-9-11-27-12-10-21/h2-6,13,19H,7-12H2,1H3,(H,20,22). The van der Waals surface area contributed by atoms with Gasteiger partial charge in [-0.25, -0.2) is 21.6 Å². The number of carbonyl (C=O) groups excluding carboxylic acids is 1. The quantitative estimate of drug-likeness (QED) is 0.592. The highest BCUT2D eigenvalue weighted by Crippen LogP contribution is 2.22. The number of carbonyl (C=O) groups is 1. The van der Waals surface area contributed by atoms with Crippen LogP contribution in [0.2, 0.25) is 0 Å². The lowest BCUT2D eigenvalue weighted by Crippen LogP contribution is -2.40. The van der Waals surface area contributed by atoms with E-state index in [4.69, 9.17) is 4.74 Å². The molecule has 3 rings (SSSR count). The summed E-state index contributed by atoms with van der Waals surface area (Å²) >= 11 is 1.26. The summed E-state index contributed by atoms with van der Waals surface area (Å²) in [6.45, 7) is 1.56. The van der Waals surface area contributed by atoms with Crippen molar-refractivity contribution in [3.63, 3.8) is 0 Å². The monoisotopic (exact) mass is 473 g/mol. The SMILES string of the molecule is CS(=O)(=O)NCCc1ccc(C(=O)Nc2cccc(S(=O)(=O)N3CCOCC3)c2)s1. The van der Waals surface area contributed by atoms with Gasteiger partial charge in [0.2, 0.25) is 20.0 Å². The van der Waals surface area contributed by atoms with E-state index < -0.39 is 20.0 Å². The van der Waals surface area contributed by atoms with Gasteiger partial charge in [-0.2, -0.15) is 4.31 Å². The molecule has 0 aliphatic carbocycles. The Balaban J connectivity index is 1.65. The zero-order chi connectivity index (χ0) is 21.8. The van der Waals surface area contributed by atoms with Gasteiger partial charge in [-0.1, -0.05) is 6.07 Å². The maximum atomic E-state index is 12.8. The third-order valence-electron chi connectivity index (χ3n) is 4.32. The van der Waals surface area contributed by atoms with Gasteiger partial charge in [0, 0.05) is 30.2 Å². The van der Waals surface area contributed by atoms with Gasteiger partial charge in [0.1, 0.15) is 0 Å². The van der Waals surface area contributed by atoms with E-state index >= 15 is 0 Å². The molecule has 1 aliphatic rings. The number of ether oxygens (including phenoxy) is 1. The third-order valence-corrected chi connectivity index (χ3v) is 8.09. The van der Waals surface area contributed by atoms with Gasteiger partial charge in [-0.3, -0.25) is 4.79 Å². The van der Waals surface area contributed by atoms with Crippen LogP contribution in [0.25, 0.3) is 0 Å². The second-order valence-corrected chi connectivity index (χ2v) is 11.6. The number of thiophene rings is 1. The lowest BCUT2D eigenvalue weighted by molar-refractivity contribution is 0.0730. The minimum absolute atomic E-state index is 0.112. The first-order valence-corrected chi connectivity index (χ1v) is 13.3. The van der Waals surface area contributed by atoms with Crippen molar-refractivity contribution in [1.29, 1.82) is 0 Å². The number of rotatable bonds is 8. The molecule has 1 aliphatic heterocycles. The Morgan fingerprint density at radius 2 is 1.87 bits per heavy atom. The van der Waals surface area contributed by atoms with E-state index in [2.05, 4.69) is 10.0 Å². The zero-order valence-corrected chi connectivity index (χ0v) is 18.8. The van der Waals surface area contributed by atoms with Crippen LogP contribution >= 0.6 is 11.3 Å². The molecule has 0 spiro atoms. The summed E-state index contributed by atoms with van der Waals surface area (Å²) in [4.78, 5) is 14.0. The highest BCUT2D eigenvalue weighted by molar-refractivity contribution is 7.89. The highest BCUT2D eigenvalue weighted by atomic mass is 32.2. The topological polar surface area (TPSA) is 122 Å². The summed E-state index contributed by atoms with van der Waals surface area (Å²) in [7, 11) is -6.91. The van der Waals surface area contributed by atoms with Crippen molar-refractivity contribution < 1.29 is 26.4 Å². The number of benzene rings is 1. The molecule has 1 amide bonds. The van der Waals surface area contributed by atoms with Gasteiger partial charge < -0.3 is 10.1 Å². The Morgan fingerprint density at radius 1 is 1.13 bits per heavy atom. The number of sulfonamides is 2. The summed E-state index contributed by atoms with van der Waals surface area (Å²) in [5.41, 5.74) is 0.378. The first-order valence-electron chi connectivity index (χ1n) is 9.18. The van der Waals surface area contributed by atoms with E-state index in [0.717, 1.165) is 11.1 Å². The van der Waals surface area contributed by atoms with E-state index in [-0.39, 0.29) is 17.3 Å². The molecule has 1 saturated heterocycles. The van der Waals surface area contributed by atoms with E-state index in [1.54, 1.807) is 24.3 Å². The second kappa shape index (κ2) is 9.54. The number of hydrogen-bond donors (Lipinski definition) is 2. The average Bonchev–Trinajstić information content (AvgIpc) is 3.17. The molecule has 2 aromatic rings. The van der Waals surface area contributed by atoms with Crippen LogP contribution in [0.1, 0.15) is 14.5 Å². The molecule has 12 heteroatoms. The molecule has 0 bridgehead atoms. The predicted octanol–water partition coefficient (Wildman–Crippen LogP) is 1.11. The molecular formula is C18H23N3O6S3.